The maximum absolute atomic E-state index is 9.43. The molecule has 3 unspecified atom stereocenters. The van der Waals surface area contributed by atoms with E-state index >= 15 is 0 Å². The highest BCUT2D eigenvalue weighted by Gasteiger charge is 2.33. The van der Waals surface area contributed by atoms with E-state index in [4.69, 9.17) is 4.74 Å². The second-order valence-electron chi connectivity index (χ2n) is 6.29. The Bertz CT molecular complexity index is 259. The molecule has 1 heterocycles. The van der Waals surface area contributed by atoms with Gasteiger partial charge in [0.05, 0.1) is 19.3 Å². The first kappa shape index (κ1) is 15.2. The van der Waals surface area contributed by atoms with Gasteiger partial charge in [-0.25, -0.2) is 0 Å². The summed E-state index contributed by atoms with van der Waals surface area (Å²) in [6, 6.07) is 1.29. The molecule has 0 bridgehead atoms. The zero-order chi connectivity index (χ0) is 13.7. The van der Waals surface area contributed by atoms with E-state index in [1.165, 1.54) is 25.7 Å². The topological polar surface area (TPSA) is 44.7 Å². The van der Waals surface area contributed by atoms with Gasteiger partial charge < -0.3 is 15.2 Å². The van der Waals surface area contributed by atoms with E-state index in [0.29, 0.717) is 18.2 Å². The molecule has 1 saturated heterocycles. The monoisotopic (exact) mass is 270 g/mol. The molecule has 0 aromatic rings. The first-order valence-electron chi connectivity index (χ1n) is 7.93. The van der Waals surface area contributed by atoms with Gasteiger partial charge in [0.15, 0.2) is 0 Å². The van der Waals surface area contributed by atoms with Crippen molar-refractivity contribution in [3.8, 4) is 0 Å². The SMILES string of the molecule is CC(C)NC(CO)CCN1CCOC2CCCCC21. The molecule has 1 aliphatic carbocycles. The normalized spacial score (nSPS) is 30.3. The van der Waals surface area contributed by atoms with Crippen molar-refractivity contribution in [1.29, 1.82) is 0 Å². The standard InChI is InChI=1S/C15H30N2O2/c1-12(2)16-13(11-18)7-8-17-9-10-19-15-6-4-3-5-14(15)17/h12-16,18H,3-11H2,1-2H3. The fraction of sp³-hybridized carbons (Fsp3) is 1.00. The third kappa shape index (κ3) is 4.42. The summed E-state index contributed by atoms with van der Waals surface area (Å²) in [6.45, 7) is 7.51. The molecule has 2 rings (SSSR count). The summed E-state index contributed by atoms with van der Waals surface area (Å²) in [5, 5.41) is 12.9. The van der Waals surface area contributed by atoms with Gasteiger partial charge in [-0.05, 0) is 19.3 Å². The molecule has 0 aromatic carbocycles. The summed E-state index contributed by atoms with van der Waals surface area (Å²) in [4.78, 5) is 2.60. The lowest BCUT2D eigenvalue weighted by atomic mass is 9.90. The molecule has 2 fully saturated rings. The smallest absolute Gasteiger partial charge is 0.0730 e. The number of aliphatic hydroxyl groups is 1. The Kier molecular flexibility index (Phi) is 6.07. The Balaban J connectivity index is 1.80. The van der Waals surface area contributed by atoms with Gasteiger partial charge in [0.2, 0.25) is 0 Å². The first-order valence-corrected chi connectivity index (χ1v) is 7.93. The molecule has 1 aliphatic heterocycles. The molecule has 0 aromatic heterocycles. The number of morpholine rings is 1. The van der Waals surface area contributed by atoms with Crippen LogP contribution < -0.4 is 5.32 Å². The van der Waals surface area contributed by atoms with E-state index in [2.05, 4.69) is 24.1 Å². The highest BCUT2D eigenvalue weighted by molar-refractivity contribution is 4.88. The van der Waals surface area contributed by atoms with E-state index in [9.17, 15) is 5.11 Å². The number of aliphatic hydroxyl groups excluding tert-OH is 1. The molecule has 19 heavy (non-hydrogen) atoms. The average Bonchev–Trinajstić information content (AvgIpc) is 2.43. The Morgan fingerprint density at radius 1 is 1.32 bits per heavy atom. The molecule has 0 radical (unpaired) electrons. The van der Waals surface area contributed by atoms with Gasteiger partial charge >= 0.3 is 0 Å². The quantitative estimate of drug-likeness (QED) is 0.765. The van der Waals surface area contributed by atoms with Crippen molar-refractivity contribution < 1.29 is 9.84 Å². The second-order valence-corrected chi connectivity index (χ2v) is 6.29. The maximum atomic E-state index is 9.43. The van der Waals surface area contributed by atoms with E-state index in [0.717, 1.165) is 26.1 Å². The van der Waals surface area contributed by atoms with Gasteiger partial charge in [-0.15, -0.1) is 0 Å². The van der Waals surface area contributed by atoms with Crippen molar-refractivity contribution in [2.24, 2.45) is 0 Å². The summed E-state index contributed by atoms with van der Waals surface area (Å²) >= 11 is 0. The fourth-order valence-corrected chi connectivity index (χ4v) is 3.47. The summed E-state index contributed by atoms with van der Waals surface area (Å²) < 4.78 is 5.90. The summed E-state index contributed by atoms with van der Waals surface area (Å²) in [5.74, 6) is 0. The molecule has 3 atom stereocenters. The Morgan fingerprint density at radius 3 is 2.84 bits per heavy atom. The average molecular weight is 270 g/mol. The zero-order valence-electron chi connectivity index (χ0n) is 12.5. The second kappa shape index (κ2) is 7.58. The van der Waals surface area contributed by atoms with Crippen LogP contribution in [-0.4, -0.2) is 60.5 Å². The molecule has 112 valence electrons. The molecular formula is C15H30N2O2. The third-order valence-electron chi connectivity index (χ3n) is 4.40. The lowest BCUT2D eigenvalue weighted by molar-refractivity contribution is -0.0889. The number of rotatable bonds is 6. The highest BCUT2D eigenvalue weighted by atomic mass is 16.5. The van der Waals surface area contributed by atoms with Crippen molar-refractivity contribution in [2.45, 2.75) is 70.2 Å². The van der Waals surface area contributed by atoms with Crippen LogP contribution in [0.5, 0.6) is 0 Å². The first-order chi connectivity index (χ1) is 9.20. The summed E-state index contributed by atoms with van der Waals surface area (Å²) in [5.41, 5.74) is 0. The number of nitrogens with zero attached hydrogens (tertiary/aromatic N) is 1. The lowest BCUT2D eigenvalue weighted by Crippen LogP contribution is -2.53. The lowest BCUT2D eigenvalue weighted by Gasteiger charge is -2.44. The van der Waals surface area contributed by atoms with Crippen molar-refractivity contribution in [3.63, 3.8) is 0 Å². The van der Waals surface area contributed by atoms with Gasteiger partial charge in [0.1, 0.15) is 0 Å². The number of hydrogen-bond acceptors (Lipinski definition) is 4. The third-order valence-corrected chi connectivity index (χ3v) is 4.40. The van der Waals surface area contributed by atoms with Crippen LogP contribution in [0.4, 0.5) is 0 Å². The van der Waals surface area contributed by atoms with Gasteiger partial charge in [0, 0.05) is 31.2 Å². The van der Waals surface area contributed by atoms with Crippen LogP contribution in [0.2, 0.25) is 0 Å². The molecule has 2 aliphatic rings. The molecule has 4 heteroatoms. The minimum Gasteiger partial charge on any atom is -0.395 e. The van der Waals surface area contributed by atoms with Gasteiger partial charge in [-0.1, -0.05) is 26.7 Å². The van der Waals surface area contributed by atoms with Crippen molar-refractivity contribution in [2.75, 3.05) is 26.3 Å². The fourth-order valence-electron chi connectivity index (χ4n) is 3.47. The minimum atomic E-state index is 0.227. The molecule has 2 N–H and O–H groups in total. The molecule has 0 amide bonds. The predicted octanol–water partition coefficient (Wildman–Crippen LogP) is 1.38. The van der Waals surface area contributed by atoms with E-state index < -0.39 is 0 Å². The van der Waals surface area contributed by atoms with Crippen LogP contribution in [0, 0.1) is 0 Å². The van der Waals surface area contributed by atoms with Crippen LogP contribution in [0.3, 0.4) is 0 Å². The van der Waals surface area contributed by atoms with E-state index in [1.807, 2.05) is 0 Å². The molecular weight excluding hydrogens is 240 g/mol. The van der Waals surface area contributed by atoms with Crippen LogP contribution in [0.1, 0.15) is 46.0 Å². The zero-order valence-corrected chi connectivity index (χ0v) is 12.5. The van der Waals surface area contributed by atoms with E-state index in [1.54, 1.807) is 0 Å². The number of nitrogens with one attached hydrogen (secondary N) is 1. The van der Waals surface area contributed by atoms with Crippen molar-refractivity contribution in [3.05, 3.63) is 0 Å². The molecule has 0 spiro atoms. The van der Waals surface area contributed by atoms with Crippen LogP contribution in [0.15, 0.2) is 0 Å². The molecule has 4 nitrogen and oxygen atoms in total. The van der Waals surface area contributed by atoms with Crippen molar-refractivity contribution in [1.82, 2.24) is 10.2 Å². The summed E-state index contributed by atoms with van der Waals surface area (Å²) in [6.07, 6.45) is 6.67. The Labute approximate surface area is 117 Å². The van der Waals surface area contributed by atoms with Crippen LogP contribution in [0.25, 0.3) is 0 Å². The van der Waals surface area contributed by atoms with Gasteiger partial charge in [-0.3, -0.25) is 4.90 Å². The van der Waals surface area contributed by atoms with Crippen LogP contribution >= 0.6 is 0 Å². The predicted molar refractivity (Wildman–Crippen MR) is 77.3 cm³/mol. The van der Waals surface area contributed by atoms with Crippen LogP contribution in [-0.2, 0) is 4.74 Å². The van der Waals surface area contributed by atoms with E-state index in [-0.39, 0.29) is 12.6 Å². The summed E-state index contributed by atoms with van der Waals surface area (Å²) in [7, 11) is 0. The number of fused-ring (bicyclic) bond motifs is 1. The van der Waals surface area contributed by atoms with Gasteiger partial charge in [0.25, 0.3) is 0 Å². The number of ether oxygens (including phenoxy) is 1. The maximum Gasteiger partial charge on any atom is 0.0730 e. The highest BCUT2D eigenvalue weighted by Crippen LogP contribution is 2.28. The minimum absolute atomic E-state index is 0.227. The Hall–Kier alpha value is -0.160. The number of hydrogen-bond donors (Lipinski definition) is 2. The Morgan fingerprint density at radius 2 is 2.11 bits per heavy atom. The largest absolute Gasteiger partial charge is 0.395 e. The molecule has 1 saturated carbocycles. The van der Waals surface area contributed by atoms with Gasteiger partial charge in [-0.2, -0.15) is 0 Å². The van der Waals surface area contributed by atoms with Crippen molar-refractivity contribution >= 4 is 0 Å².